The van der Waals surface area contributed by atoms with Gasteiger partial charge in [-0.3, -0.25) is 4.79 Å². The van der Waals surface area contributed by atoms with Crippen LogP contribution in [0.25, 0.3) is 0 Å². The Hall–Kier alpha value is -2.18. The fourth-order valence-corrected chi connectivity index (χ4v) is 3.47. The van der Waals surface area contributed by atoms with Crippen molar-refractivity contribution in [2.45, 2.75) is 22.8 Å². The summed E-state index contributed by atoms with van der Waals surface area (Å²) in [6, 6.07) is 12.5. The Balaban J connectivity index is 1.97. The topological polar surface area (TPSA) is 73.0 Å². The lowest BCUT2D eigenvalue weighted by Crippen LogP contribution is -2.09. The van der Waals surface area contributed by atoms with Crippen molar-refractivity contribution >= 4 is 15.6 Å². The second-order valence-electron chi connectivity index (χ2n) is 5.30. The van der Waals surface area contributed by atoms with E-state index >= 15 is 0 Å². The first kappa shape index (κ1) is 15.7. The molecule has 5 nitrogen and oxygen atoms in total. The van der Waals surface area contributed by atoms with E-state index in [0.29, 0.717) is 19.0 Å². The van der Waals surface area contributed by atoms with Crippen LogP contribution in [-0.2, 0) is 14.6 Å². The fourth-order valence-electron chi connectivity index (χ4n) is 2.16. The highest BCUT2D eigenvalue weighted by Gasteiger charge is 2.25. The second-order valence-corrected chi connectivity index (χ2v) is 7.25. The molecule has 0 N–H and O–H groups in total. The molecule has 1 saturated heterocycles. The molecule has 0 spiro atoms. The molecule has 2 aromatic rings. The van der Waals surface area contributed by atoms with Crippen molar-refractivity contribution in [3.63, 3.8) is 0 Å². The summed E-state index contributed by atoms with van der Waals surface area (Å²) < 4.78 is 35.9. The first-order chi connectivity index (χ1) is 11.0. The maximum Gasteiger partial charge on any atom is 0.206 e. The summed E-state index contributed by atoms with van der Waals surface area (Å²) in [5.74, 6) is 0.127. The highest BCUT2D eigenvalue weighted by molar-refractivity contribution is 7.91. The van der Waals surface area contributed by atoms with Gasteiger partial charge in [-0.05, 0) is 37.3 Å². The number of carbonyl (C=O) groups is 1. The average molecular weight is 332 g/mol. The van der Waals surface area contributed by atoms with Gasteiger partial charge in [-0.15, -0.1) is 0 Å². The van der Waals surface area contributed by atoms with Crippen LogP contribution in [0, 0.1) is 0 Å². The number of rotatable bonds is 6. The molecule has 2 aromatic carbocycles. The summed E-state index contributed by atoms with van der Waals surface area (Å²) in [6.07, 6.45) is 0.0579. The summed E-state index contributed by atoms with van der Waals surface area (Å²) in [4.78, 5) is 12.1. The number of ketones is 1. The Morgan fingerprint density at radius 1 is 1.17 bits per heavy atom. The van der Waals surface area contributed by atoms with E-state index < -0.39 is 9.84 Å². The van der Waals surface area contributed by atoms with Crippen LogP contribution in [-0.4, -0.2) is 33.5 Å². The third-order valence-corrected chi connectivity index (χ3v) is 5.29. The number of sulfone groups is 1. The molecule has 1 aliphatic rings. The Morgan fingerprint density at radius 3 is 2.48 bits per heavy atom. The SMILES string of the molecule is CC(=O)c1cc(S(=O)(=O)c2ccccc2)ccc1OCC1CO1. The number of hydrogen-bond acceptors (Lipinski definition) is 5. The van der Waals surface area contributed by atoms with E-state index in [9.17, 15) is 13.2 Å². The quantitative estimate of drug-likeness (QED) is 0.600. The highest BCUT2D eigenvalue weighted by Crippen LogP contribution is 2.28. The van der Waals surface area contributed by atoms with Crippen LogP contribution in [0.4, 0.5) is 0 Å². The lowest BCUT2D eigenvalue weighted by molar-refractivity contribution is 0.101. The Bertz CT molecular complexity index is 823. The molecule has 0 radical (unpaired) electrons. The van der Waals surface area contributed by atoms with E-state index in [2.05, 4.69) is 0 Å². The smallest absolute Gasteiger partial charge is 0.206 e. The number of Topliss-reactive ketones (excluding diaryl/α,β-unsaturated/α-hetero) is 1. The first-order valence-corrected chi connectivity index (χ1v) is 8.66. The molecule has 23 heavy (non-hydrogen) atoms. The fraction of sp³-hybridized carbons (Fsp3) is 0.235. The van der Waals surface area contributed by atoms with Gasteiger partial charge in [0.1, 0.15) is 18.5 Å². The molecule has 0 aromatic heterocycles. The minimum atomic E-state index is -3.66. The molecular weight excluding hydrogens is 316 g/mol. The van der Waals surface area contributed by atoms with Crippen molar-refractivity contribution in [2.24, 2.45) is 0 Å². The highest BCUT2D eigenvalue weighted by atomic mass is 32.2. The summed E-state index contributed by atoms with van der Waals surface area (Å²) in [7, 11) is -3.66. The summed E-state index contributed by atoms with van der Waals surface area (Å²) in [6.45, 7) is 2.38. The Labute approximate surface area is 134 Å². The van der Waals surface area contributed by atoms with Gasteiger partial charge in [0.2, 0.25) is 9.84 Å². The Morgan fingerprint density at radius 2 is 1.87 bits per heavy atom. The number of benzene rings is 2. The number of epoxide rings is 1. The molecule has 1 fully saturated rings. The van der Waals surface area contributed by atoms with Crippen LogP contribution in [0.5, 0.6) is 5.75 Å². The van der Waals surface area contributed by atoms with Gasteiger partial charge in [-0.2, -0.15) is 0 Å². The lowest BCUT2D eigenvalue weighted by Gasteiger charge is -2.11. The molecule has 0 amide bonds. The molecular formula is C17H16O5S. The molecule has 3 rings (SSSR count). The van der Waals surface area contributed by atoms with Crippen molar-refractivity contribution in [2.75, 3.05) is 13.2 Å². The van der Waals surface area contributed by atoms with E-state index in [1.54, 1.807) is 18.2 Å². The Kier molecular flexibility index (Phi) is 4.19. The molecule has 1 unspecified atom stereocenters. The van der Waals surface area contributed by atoms with Gasteiger partial charge < -0.3 is 9.47 Å². The van der Waals surface area contributed by atoms with Gasteiger partial charge in [0.05, 0.1) is 22.0 Å². The van der Waals surface area contributed by atoms with Crippen LogP contribution in [0.3, 0.4) is 0 Å². The number of ether oxygens (including phenoxy) is 2. The zero-order chi connectivity index (χ0) is 16.4. The van der Waals surface area contributed by atoms with E-state index in [1.165, 1.54) is 37.3 Å². The second kappa shape index (κ2) is 6.14. The predicted octanol–water partition coefficient (Wildman–Crippen LogP) is 2.50. The van der Waals surface area contributed by atoms with Gasteiger partial charge in [0.15, 0.2) is 5.78 Å². The average Bonchev–Trinajstić information content (AvgIpc) is 3.37. The molecule has 0 saturated carbocycles. The monoisotopic (exact) mass is 332 g/mol. The van der Waals surface area contributed by atoms with Crippen LogP contribution in [0.1, 0.15) is 17.3 Å². The minimum absolute atomic E-state index is 0.0579. The molecule has 0 bridgehead atoms. The number of carbonyl (C=O) groups excluding carboxylic acids is 1. The maximum atomic E-state index is 12.6. The van der Waals surface area contributed by atoms with Crippen LogP contribution in [0.15, 0.2) is 58.3 Å². The van der Waals surface area contributed by atoms with Crippen molar-refractivity contribution < 1.29 is 22.7 Å². The zero-order valence-electron chi connectivity index (χ0n) is 12.6. The van der Waals surface area contributed by atoms with Crippen LogP contribution in [0.2, 0.25) is 0 Å². The largest absolute Gasteiger partial charge is 0.490 e. The summed E-state index contributed by atoms with van der Waals surface area (Å²) >= 11 is 0. The first-order valence-electron chi connectivity index (χ1n) is 7.18. The van der Waals surface area contributed by atoms with Gasteiger partial charge in [-0.25, -0.2) is 8.42 Å². The van der Waals surface area contributed by atoms with Gasteiger partial charge in [-0.1, -0.05) is 18.2 Å². The van der Waals surface area contributed by atoms with Gasteiger partial charge in [0, 0.05) is 0 Å². The third-order valence-electron chi connectivity index (χ3n) is 3.52. The summed E-state index contributed by atoms with van der Waals surface area (Å²) in [5.41, 5.74) is 0.252. The standard InChI is InChI=1S/C17H16O5S/c1-12(18)16-9-15(7-8-17(16)22-11-13-10-21-13)23(19,20)14-5-3-2-4-6-14/h2-9,13H,10-11H2,1H3. The zero-order valence-corrected chi connectivity index (χ0v) is 13.4. The van der Waals surface area contributed by atoms with E-state index in [1.807, 2.05) is 0 Å². The van der Waals surface area contributed by atoms with Crippen molar-refractivity contribution in [3.05, 3.63) is 54.1 Å². The molecule has 1 aliphatic heterocycles. The normalized spacial score (nSPS) is 16.8. The van der Waals surface area contributed by atoms with E-state index in [0.717, 1.165) is 0 Å². The predicted molar refractivity (Wildman–Crippen MR) is 83.6 cm³/mol. The third kappa shape index (κ3) is 3.43. The van der Waals surface area contributed by atoms with Gasteiger partial charge in [0.25, 0.3) is 0 Å². The molecule has 1 atom stereocenters. The van der Waals surface area contributed by atoms with Crippen LogP contribution >= 0.6 is 0 Å². The van der Waals surface area contributed by atoms with Crippen molar-refractivity contribution in [1.29, 1.82) is 0 Å². The molecule has 1 heterocycles. The molecule has 120 valence electrons. The summed E-state index contributed by atoms with van der Waals surface area (Å²) in [5, 5.41) is 0. The minimum Gasteiger partial charge on any atom is -0.490 e. The van der Waals surface area contributed by atoms with E-state index in [-0.39, 0.29) is 27.2 Å². The molecule has 6 heteroatoms. The van der Waals surface area contributed by atoms with Crippen molar-refractivity contribution in [3.8, 4) is 5.75 Å². The lowest BCUT2D eigenvalue weighted by atomic mass is 10.1. The molecule has 0 aliphatic carbocycles. The van der Waals surface area contributed by atoms with Gasteiger partial charge >= 0.3 is 0 Å². The van der Waals surface area contributed by atoms with Crippen molar-refractivity contribution in [1.82, 2.24) is 0 Å². The van der Waals surface area contributed by atoms with Crippen LogP contribution < -0.4 is 4.74 Å². The number of hydrogen-bond donors (Lipinski definition) is 0. The maximum absolute atomic E-state index is 12.6. The van der Waals surface area contributed by atoms with E-state index in [4.69, 9.17) is 9.47 Å².